The van der Waals surface area contributed by atoms with Crippen LogP contribution in [0.2, 0.25) is 0 Å². The molecule has 2 rings (SSSR count). The van der Waals surface area contributed by atoms with Crippen molar-refractivity contribution in [2.45, 2.75) is 11.9 Å². The first-order chi connectivity index (χ1) is 11.8. The topological polar surface area (TPSA) is 71.0 Å². The molecule has 25 heavy (non-hydrogen) atoms. The molecular formula is C16H13BrF3N3OS. The van der Waals surface area contributed by atoms with Crippen molar-refractivity contribution in [3.05, 3.63) is 63.6 Å². The number of nitrogens with zero attached hydrogens (tertiary/aromatic N) is 2. The van der Waals surface area contributed by atoms with Crippen LogP contribution in [-0.2, 0) is 11.9 Å². The molecule has 0 amide bonds. The van der Waals surface area contributed by atoms with Gasteiger partial charge in [0.25, 0.3) is 0 Å². The first kappa shape index (κ1) is 19.3. The zero-order chi connectivity index (χ0) is 18.4. The first-order valence-electron chi connectivity index (χ1n) is 6.90. The first-order valence-corrected chi connectivity index (χ1v) is 8.68. The number of benzene rings is 2. The van der Waals surface area contributed by atoms with Crippen molar-refractivity contribution in [3.63, 3.8) is 0 Å². The number of hydrogen-bond donors (Lipinski definition) is 2. The molecule has 2 aromatic carbocycles. The Balaban J connectivity index is 2.09. The second kappa shape index (κ2) is 8.39. The molecule has 9 heteroatoms. The van der Waals surface area contributed by atoms with Crippen LogP contribution < -0.4 is 5.73 Å². The van der Waals surface area contributed by atoms with E-state index in [0.717, 1.165) is 23.9 Å². The van der Waals surface area contributed by atoms with E-state index in [1.807, 2.05) is 30.3 Å². The van der Waals surface area contributed by atoms with Gasteiger partial charge in [0, 0.05) is 11.3 Å². The molecular weight excluding hydrogens is 419 g/mol. The molecule has 3 N–H and O–H groups in total. The number of nitrogens with two attached hydrogens (primary N) is 1. The number of phenolic OH excluding ortho intramolecular Hbond substituents is 1. The average Bonchev–Trinajstić information content (AvgIpc) is 2.56. The summed E-state index contributed by atoms with van der Waals surface area (Å²) in [4.78, 5) is 0. The summed E-state index contributed by atoms with van der Waals surface area (Å²) in [5.74, 6) is 0.231. The maximum absolute atomic E-state index is 12.8. The summed E-state index contributed by atoms with van der Waals surface area (Å²) in [6.07, 6.45) is -3.52. The van der Waals surface area contributed by atoms with Crippen LogP contribution in [0.3, 0.4) is 0 Å². The number of rotatable bonds is 4. The van der Waals surface area contributed by atoms with Crippen molar-refractivity contribution in [1.82, 2.24) is 0 Å². The largest absolute Gasteiger partial charge is 0.506 e. The van der Waals surface area contributed by atoms with Crippen molar-refractivity contribution in [2.24, 2.45) is 15.9 Å². The van der Waals surface area contributed by atoms with Crippen molar-refractivity contribution in [2.75, 3.05) is 0 Å². The summed E-state index contributed by atoms with van der Waals surface area (Å²) in [7, 11) is 0. The quantitative estimate of drug-likeness (QED) is 0.416. The molecule has 0 atom stereocenters. The van der Waals surface area contributed by atoms with Crippen LogP contribution in [0.5, 0.6) is 5.75 Å². The summed E-state index contributed by atoms with van der Waals surface area (Å²) < 4.78 is 38.3. The molecule has 0 saturated carbocycles. The number of thioether (sulfide) groups is 1. The highest BCUT2D eigenvalue weighted by molar-refractivity contribution is 9.10. The molecule has 132 valence electrons. The molecule has 0 heterocycles. The zero-order valence-corrected chi connectivity index (χ0v) is 15.1. The second-order valence-electron chi connectivity index (χ2n) is 4.85. The Kier molecular flexibility index (Phi) is 6.49. The number of halogens is 4. The number of alkyl halides is 3. The predicted molar refractivity (Wildman–Crippen MR) is 97.8 cm³/mol. The van der Waals surface area contributed by atoms with Gasteiger partial charge in [-0.1, -0.05) is 42.1 Å². The van der Waals surface area contributed by atoms with Crippen molar-refractivity contribution in [1.29, 1.82) is 0 Å². The normalized spacial score (nSPS) is 12.7. The number of amidine groups is 1. The minimum atomic E-state index is -4.54. The monoisotopic (exact) mass is 431 g/mol. The lowest BCUT2D eigenvalue weighted by atomic mass is 10.1. The van der Waals surface area contributed by atoms with Crippen LogP contribution in [0.1, 0.15) is 16.7 Å². The van der Waals surface area contributed by atoms with Gasteiger partial charge in [-0.05, 0) is 33.6 Å². The van der Waals surface area contributed by atoms with E-state index < -0.39 is 11.7 Å². The van der Waals surface area contributed by atoms with E-state index in [9.17, 15) is 18.3 Å². The van der Waals surface area contributed by atoms with Crippen molar-refractivity contribution >= 4 is 39.1 Å². The fourth-order valence-corrected chi connectivity index (χ4v) is 2.88. The van der Waals surface area contributed by atoms with E-state index in [4.69, 9.17) is 5.73 Å². The minimum absolute atomic E-state index is 0.0841. The van der Waals surface area contributed by atoms with Gasteiger partial charge in [-0.25, -0.2) is 0 Å². The lowest BCUT2D eigenvalue weighted by molar-refractivity contribution is -0.137. The smallest absolute Gasteiger partial charge is 0.416 e. The van der Waals surface area contributed by atoms with E-state index in [-0.39, 0.29) is 21.0 Å². The molecule has 0 unspecified atom stereocenters. The van der Waals surface area contributed by atoms with Crippen LogP contribution in [-0.4, -0.2) is 16.5 Å². The van der Waals surface area contributed by atoms with Crippen LogP contribution >= 0.6 is 27.7 Å². The SMILES string of the molecule is NC(=NN=Cc1cc(C(F)(F)F)cc(Br)c1O)SCc1ccccc1. The van der Waals surface area contributed by atoms with Gasteiger partial charge < -0.3 is 10.8 Å². The lowest BCUT2D eigenvalue weighted by Crippen LogP contribution is -2.06. The molecule has 2 aromatic rings. The van der Waals surface area contributed by atoms with Gasteiger partial charge in [0.1, 0.15) is 5.75 Å². The summed E-state index contributed by atoms with van der Waals surface area (Å²) in [6.45, 7) is 0. The van der Waals surface area contributed by atoms with Crippen LogP contribution in [0.4, 0.5) is 13.2 Å². The summed E-state index contributed by atoms with van der Waals surface area (Å²) in [5.41, 5.74) is 5.72. The summed E-state index contributed by atoms with van der Waals surface area (Å²) in [5, 5.41) is 17.3. The number of aromatic hydroxyl groups is 1. The predicted octanol–water partition coefficient (Wildman–Crippen LogP) is 4.76. The molecule has 0 fully saturated rings. The van der Waals surface area contributed by atoms with E-state index >= 15 is 0 Å². The van der Waals surface area contributed by atoms with E-state index in [1.54, 1.807) is 0 Å². The van der Waals surface area contributed by atoms with Crippen LogP contribution in [0.15, 0.2) is 57.1 Å². The Hall–Kier alpha value is -2.00. The Morgan fingerprint density at radius 3 is 2.56 bits per heavy atom. The van der Waals surface area contributed by atoms with Gasteiger partial charge in [0.2, 0.25) is 0 Å². The zero-order valence-electron chi connectivity index (χ0n) is 12.7. The van der Waals surface area contributed by atoms with Crippen molar-refractivity contribution < 1.29 is 18.3 Å². The maximum atomic E-state index is 12.8. The van der Waals surface area contributed by atoms with Gasteiger partial charge in [-0.2, -0.15) is 18.3 Å². The van der Waals surface area contributed by atoms with Gasteiger partial charge in [-0.15, -0.1) is 5.10 Å². The van der Waals surface area contributed by atoms with E-state index in [0.29, 0.717) is 5.75 Å². The molecule has 0 aliphatic heterocycles. The number of phenols is 1. The molecule has 0 bridgehead atoms. The standard InChI is InChI=1S/C16H13BrF3N3OS/c17-13-7-12(16(18,19)20)6-11(14(13)24)8-22-23-15(21)25-9-10-4-2-1-3-5-10/h1-8,24H,9H2,(H2,21,23). The molecule has 0 saturated heterocycles. The fourth-order valence-electron chi connectivity index (χ4n) is 1.79. The third-order valence-corrected chi connectivity index (χ3v) is 4.46. The Morgan fingerprint density at radius 2 is 1.92 bits per heavy atom. The van der Waals surface area contributed by atoms with Crippen LogP contribution in [0, 0.1) is 0 Å². The van der Waals surface area contributed by atoms with Crippen LogP contribution in [0.25, 0.3) is 0 Å². The van der Waals surface area contributed by atoms with Gasteiger partial charge in [0.15, 0.2) is 5.17 Å². The molecule has 0 aromatic heterocycles. The third kappa shape index (κ3) is 5.79. The van der Waals surface area contributed by atoms with Gasteiger partial charge >= 0.3 is 6.18 Å². The highest BCUT2D eigenvalue weighted by atomic mass is 79.9. The molecule has 0 aliphatic rings. The lowest BCUT2D eigenvalue weighted by Gasteiger charge is -2.09. The Morgan fingerprint density at radius 1 is 1.24 bits per heavy atom. The van der Waals surface area contributed by atoms with E-state index in [2.05, 4.69) is 26.1 Å². The summed E-state index contributed by atoms with van der Waals surface area (Å²) in [6, 6.07) is 11.1. The van der Waals surface area contributed by atoms with Crippen molar-refractivity contribution in [3.8, 4) is 5.75 Å². The Labute approximate surface area is 154 Å². The average molecular weight is 432 g/mol. The van der Waals surface area contributed by atoms with E-state index in [1.165, 1.54) is 11.8 Å². The maximum Gasteiger partial charge on any atom is 0.416 e. The second-order valence-corrected chi connectivity index (χ2v) is 6.70. The minimum Gasteiger partial charge on any atom is -0.506 e. The summed E-state index contributed by atoms with van der Waals surface area (Å²) >= 11 is 4.13. The van der Waals surface area contributed by atoms with Gasteiger partial charge in [0.05, 0.1) is 16.3 Å². The fraction of sp³-hybridized carbons (Fsp3) is 0.125. The highest BCUT2D eigenvalue weighted by Gasteiger charge is 2.31. The molecule has 0 radical (unpaired) electrons. The molecule has 4 nitrogen and oxygen atoms in total. The Bertz CT molecular complexity index is 795. The van der Waals surface area contributed by atoms with Gasteiger partial charge in [-0.3, -0.25) is 0 Å². The molecule has 0 aliphatic carbocycles. The highest BCUT2D eigenvalue weighted by Crippen LogP contribution is 2.36. The molecule has 0 spiro atoms. The third-order valence-electron chi connectivity index (χ3n) is 3.00. The number of hydrogen-bond acceptors (Lipinski definition) is 4.